The lowest BCUT2D eigenvalue weighted by molar-refractivity contribution is 0.457. The fraction of sp³-hybridized carbons (Fsp3) is 0.286. The monoisotopic (exact) mass is 249 g/mol. The first-order valence-corrected chi connectivity index (χ1v) is 5.88. The Kier molecular flexibility index (Phi) is 3.99. The second-order valence-corrected chi connectivity index (χ2v) is 4.21. The molecule has 0 saturated carbocycles. The number of aromatic hydroxyl groups is 1. The molecule has 0 radical (unpaired) electrons. The molecule has 0 unspecified atom stereocenters. The number of nitrogens with one attached hydrogen (secondary N) is 1. The number of furan rings is 1. The van der Waals surface area contributed by atoms with Gasteiger partial charge < -0.3 is 14.8 Å². The first kappa shape index (κ1) is 12.6. The maximum atomic E-state index is 13.0. The van der Waals surface area contributed by atoms with Crippen LogP contribution in [0, 0.1) is 12.7 Å². The van der Waals surface area contributed by atoms with Crippen LogP contribution in [0.5, 0.6) is 5.75 Å². The van der Waals surface area contributed by atoms with Crippen molar-refractivity contribution in [3.8, 4) is 5.75 Å². The predicted molar refractivity (Wildman–Crippen MR) is 66.9 cm³/mol. The molecule has 0 aliphatic rings. The Morgan fingerprint density at radius 1 is 1.28 bits per heavy atom. The van der Waals surface area contributed by atoms with E-state index in [1.165, 1.54) is 18.2 Å². The molecule has 4 heteroatoms. The van der Waals surface area contributed by atoms with Crippen LogP contribution in [0.25, 0.3) is 0 Å². The SMILES string of the molecule is Cc1ccc(CCNCc2cc(F)ccc2O)o1. The van der Waals surface area contributed by atoms with Crippen LogP contribution in [-0.2, 0) is 13.0 Å². The molecule has 0 aliphatic carbocycles. The number of hydrogen-bond donors (Lipinski definition) is 2. The largest absolute Gasteiger partial charge is 0.508 e. The molecule has 0 aliphatic heterocycles. The van der Waals surface area contributed by atoms with Crippen LogP contribution in [0.4, 0.5) is 4.39 Å². The Hall–Kier alpha value is -1.81. The molecular formula is C14H16FNO2. The van der Waals surface area contributed by atoms with Gasteiger partial charge in [0.15, 0.2) is 0 Å². The van der Waals surface area contributed by atoms with E-state index in [2.05, 4.69) is 5.32 Å². The summed E-state index contributed by atoms with van der Waals surface area (Å²) >= 11 is 0. The summed E-state index contributed by atoms with van der Waals surface area (Å²) in [6.07, 6.45) is 0.768. The van der Waals surface area contributed by atoms with Gasteiger partial charge >= 0.3 is 0 Å². The maximum Gasteiger partial charge on any atom is 0.123 e. The minimum absolute atomic E-state index is 0.109. The van der Waals surface area contributed by atoms with Crippen LogP contribution in [0.1, 0.15) is 17.1 Å². The van der Waals surface area contributed by atoms with Crippen LogP contribution in [0.2, 0.25) is 0 Å². The van der Waals surface area contributed by atoms with Crippen LogP contribution in [-0.4, -0.2) is 11.7 Å². The van der Waals surface area contributed by atoms with Gasteiger partial charge in [0.25, 0.3) is 0 Å². The number of aryl methyl sites for hydroxylation is 1. The molecule has 0 fully saturated rings. The molecule has 0 atom stereocenters. The van der Waals surface area contributed by atoms with Crippen LogP contribution in [0.15, 0.2) is 34.7 Å². The van der Waals surface area contributed by atoms with Gasteiger partial charge in [0.1, 0.15) is 23.1 Å². The van der Waals surface area contributed by atoms with Gasteiger partial charge in [0.2, 0.25) is 0 Å². The van der Waals surface area contributed by atoms with Crippen molar-refractivity contribution < 1.29 is 13.9 Å². The summed E-state index contributed by atoms with van der Waals surface area (Å²) in [7, 11) is 0. The number of rotatable bonds is 5. The fourth-order valence-electron chi connectivity index (χ4n) is 1.75. The Morgan fingerprint density at radius 3 is 2.83 bits per heavy atom. The zero-order valence-electron chi connectivity index (χ0n) is 10.2. The second-order valence-electron chi connectivity index (χ2n) is 4.21. The van der Waals surface area contributed by atoms with E-state index in [0.717, 1.165) is 17.9 Å². The fourth-order valence-corrected chi connectivity index (χ4v) is 1.75. The maximum absolute atomic E-state index is 13.0. The quantitative estimate of drug-likeness (QED) is 0.801. The lowest BCUT2D eigenvalue weighted by atomic mass is 10.2. The van der Waals surface area contributed by atoms with Crippen molar-refractivity contribution in [2.45, 2.75) is 19.9 Å². The van der Waals surface area contributed by atoms with Crippen molar-refractivity contribution in [3.63, 3.8) is 0 Å². The number of hydrogen-bond acceptors (Lipinski definition) is 3. The van der Waals surface area contributed by atoms with Gasteiger partial charge in [-0.25, -0.2) is 4.39 Å². The van der Waals surface area contributed by atoms with Gasteiger partial charge in [-0.05, 0) is 37.3 Å². The van der Waals surface area contributed by atoms with Gasteiger partial charge in [0, 0.05) is 25.1 Å². The third kappa shape index (κ3) is 3.34. The highest BCUT2D eigenvalue weighted by molar-refractivity contribution is 5.32. The summed E-state index contributed by atoms with van der Waals surface area (Å²) < 4.78 is 18.4. The highest BCUT2D eigenvalue weighted by Gasteiger charge is 2.03. The summed E-state index contributed by atoms with van der Waals surface area (Å²) in [5.74, 6) is 1.58. The Morgan fingerprint density at radius 2 is 2.11 bits per heavy atom. The van der Waals surface area contributed by atoms with E-state index in [0.29, 0.717) is 18.7 Å². The topological polar surface area (TPSA) is 45.4 Å². The van der Waals surface area contributed by atoms with E-state index in [1.807, 2.05) is 19.1 Å². The van der Waals surface area contributed by atoms with Crippen LogP contribution in [0.3, 0.4) is 0 Å². The van der Waals surface area contributed by atoms with E-state index >= 15 is 0 Å². The van der Waals surface area contributed by atoms with Crippen LogP contribution >= 0.6 is 0 Å². The van der Waals surface area contributed by atoms with Crippen molar-refractivity contribution in [2.24, 2.45) is 0 Å². The van der Waals surface area contributed by atoms with Crippen molar-refractivity contribution in [1.82, 2.24) is 5.32 Å². The molecule has 0 saturated heterocycles. The predicted octanol–water partition coefficient (Wildman–Crippen LogP) is 2.77. The molecule has 0 spiro atoms. The van der Waals surface area contributed by atoms with Crippen LogP contribution < -0.4 is 5.32 Å². The van der Waals surface area contributed by atoms with E-state index in [-0.39, 0.29) is 11.6 Å². The lowest BCUT2D eigenvalue weighted by Crippen LogP contribution is -2.16. The Balaban J connectivity index is 1.80. The molecule has 96 valence electrons. The lowest BCUT2D eigenvalue weighted by Gasteiger charge is -2.06. The number of halogens is 1. The third-order valence-corrected chi connectivity index (χ3v) is 2.70. The first-order chi connectivity index (χ1) is 8.65. The van der Waals surface area contributed by atoms with Gasteiger partial charge in [0.05, 0.1) is 0 Å². The minimum Gasteiger partial charge on any atom is -0.508 e. The highest BCUT2D eigenvalue weighted by Crippen LogP contribution is 2.17. The van der Waals surface area contributed by atoms with Crippen molar-refractivity contribution in [2.75, 3.05) is 6.54 Å². The average Bonchev–Trinajstić information content (AvgIpc) is 2.75. The second kappa shape index (κ2) is 5.69. The third-order valence-electron chi connectivity index (χ3n) is 2.70. The smallest absolute Gasteiger partial charge is 0.123 e. The summed E-state index contributed by atoms with van der Waals surface area (Å²) in [6.45, 7) is 3.05. The summed E-state index contributed by atoms with van der Waals surface area (Å²) in [6, 6.07) is 7.80. The Bertz CT molecular complexity index is 522. The van der Waals surface area contributed by atoms with E-state index in [1.54, 1.807) is 0 Å². The van der Waals surface area contributed by atoms with Gasteiger partial charge in [-0.2, -0.15) is 0 Å². The number of phenolic OH excluding ortho intramolecular Hbond substituents is 1. The summed E-state index contributed by atoms with van der Waals surface area (Å²) in [5.41, 5.74) is 0.561. The summed E-state index contributed by atoms with van der Waals surface area (Å²) in [4.78, 5) is 0. The van der Waals surface area contributed by atoms with Crippen molar-refractivity contribution >= 4 is 0 Å². The Labute approximate surface area is 105 Å². The molecule has 2 N–H and O–H groups in total. The molecule has 3 nitrogen and oxygen atoms in total. The van der Waals surface area contributed by atoms with Gasteiger partial charge in [-0.1, -0.05) is 0 Å². The highest BCUT2D eigenvalue weighted by atomic mass is 19.1. The molecule has 1 aromatic heterocycles. The molecular weight excluding hydrogens is 233 g/mol. The minimum atomic E-state index is -0.341. The number of benzene rings is 1. The molecule has 1 heterocycles. The van der Waals surface area contributed by atoms with Crippen molar-refractivity contribution in [3.05, 3.63) is 53.2 Å². The molecule has 1 aromatic carbocycles. The van der Waals surface area contributed by atoms with Gasteiger partial charge in [-0.3, -0.25) is 0 Å². The average molecular weight is 249 g/mol. The standard InChI is InChI=1S/C14H16FNO2/c1-10-2-4-13(18-10)6-7-16-9-11-8-12(15)3-5-14(11)17/h2-5,8,16-17H,6-7,9H2,1H3. The first-order valence-electron chi connectivity index (χ1n) is 5.88. The molecule has 0 amide bonds. The zero-order chi connectivity index (χ0) is 13.0. The van der Waals surface area contributed by atoms with Crippen molar-refractivity contribution in [1.29, 1.82) is 0 Å². The van der Waals surface area contributed by atoms with E-state index in [9.17, 15) is 9.50 Å². The van der Waals surface area contributed by atoms with E-state index in [4.69, 9.17) is 4.42 Å². The summed E-state index contributed by atoms with van der Waals surface area (Å²) in [5, 5.41) is 12.7. The molecule has 2 rings (SSSR count). The zero-order valence-corrected chi connectivity index (χ0v) is 10.2. The van der Waals surface area contributed by atoms with E-state index < -0.39 is 0 Å². The molecule has 0 bridgehead atoms. The molecule has 18 heavy (non-hydrogen) atoms. The van der Waals surface area contributed by atoms with Gasteiger partial charge in [-0.15, -0.1) is 0 Å². The molecule has 2 aromatic rings. The normalized spacial score (nSPS) is 10.8. The number of phenols is 1.